The lowest BCUT2D eigenvalue weighted by atomic mass is 10.3. The molecule has 0 saturated carbocycles. The van der Waals surface area contributed by atoms with Gasteiger partial charge in [-0.3, -0.25) is 4.79 Å². The first-order valence-corrected chi connectivity index (χ1v) is 5.99. The van der Waals surface area contributed by atoms with Crippen molar-refractivity contribution in [3.8, 4) is 0 Å². The Morgan fingerprint density at radius 3 is 2.56 bits per heavy atom. The van der Waals surface area contributed by atoms with Crippen molar-refractivity contribution in [2.24, 2.45) is 0 Å². The molecule has 1 aromatic carbocycles. The van der Waals surface area contributed by atoms with Crippen LogP contribution in [0.2, 0.25) is 5.02 Å². The first kappa shape index (κ1) is 12.7. The number of halogens is 1. The molecule has 96 valence electrons. The maximum Gasteiger partial charge on any atom is 0.322 e. The Balaban J connectivity index is 1.96. The van der Waals surface area contributed by atoms with Crippen molar-refractivity contribution in [1.82, 2.24) is 9.80 Å². The van der Waals surface area contributed by atoms with Gasteiger partial charge in [-0.05, 0) is 24.3 Å². The second-order valence-electron chi connectivity index (χ2n) is 4.17. The number of anilines is 1. The quantitative estimate of drug-likeness (QED) is 0.841. The van der Waals surface area contributed by atoms with Crippen molar-refractivity contribution in [2.45, 2.75) is 0 Å². The van der Waals surface area contributed by atoms with E-state index in [1.165, 1.54) is 4.90 Å². The third-order valence-electron chi connectivity index (χ3n) is 2.84. The lowest BCUT2D eigenvalue weighted by Gasteiger charge is -2.31. The number of benzene rings is 1. The number of hydrogen-bond acceptors (Lipinski definition) is 2. The molecule has 2 rings (SSSR count). The summed E-state index contributed by atoms with van der Waals surface area (Å²) in [6.07, 6.45) is 0. The predicted molar refractivity (Wildman–Crippen MR) is 69.7 cm³/mol. The van der Waals surface area contributed by atoms with E-state index in [0.29, 0.717) is 23.8 Å². The number of carbonyl (C=O) groups is 2. The topological polar surface area (TPSA) is 52.6 Å². The average Bonchev–Trinajstić information content (AvgIpc) is 2.35. The SMILES string of the molecule is CN1CCN(C(=O)Nc2ccc(Cl)cc2)CC1=O. The van der Waals surface area contributed by atoms with Gasteiger partial charge in [0.25, 0.3) is 0 Å². The van der Waals surface area contributed by atoms with Crippen LogP contribution in [-0.2, 0) is 4.79 Å². The molecular formula is C12H14ClN3O2. The highest BCUT2D eigenvalue weighted by molar-refractivity contribution is 6.30. The Morgan fingerprint density at radius 1 is 1.28 bits per heavy atom. The number of rotatable bonds is 1. The molecule has 1 N–H and O–H groups in total. The molecule has 0 atom stereocenters. The smallest absolute Gasteiger partial charge is 0.322 e. The van der Waals surface area contributed by atoms with Gasteiger partial charge in [-0.2, -0.15) is 0 Å². The summed E-state index contributed by atoms with van der Waals surface area (Å²) < 4.78 is 0. The molecule has 3 amide bonds. The van der Waals surface area contributed by atoms with Crippen LogP contribution in [0.4, 0.5) is 10.5 Å². The Labute approximate surface area is 110 Å². The third-order valence-corrected chi connectivity index (χ3v) is 3.09. The Kier molecular flexibility index (Phi) is 3.72. The van der Waals surface area contributed by atoms with Crippen molar-refractivity contribution in [1.29, 1.82) is 0 Å². The van der Waals surface area contributed by atoms with Gasteiger partial charge in [-0.1, -0.05) is 11.6 Å². The molecule has 1 fully saturated rings. The van der Waals surface area contributed by atoms with Crippen LogP contribution >= 0.6 is 11.6 Å². The maximum atomic E-state index is 11.9. The van der Waals surface area contributed by atoms with Crippen LogP contribution in [0, 0.1) is 0 Å². The van der Waals surface area contributed by atoms with Crippen molar-refractivity contribution in [2.75, 3.05) is 32.0 Å². The van der Waals surface area contributed by atoms with E-state index in [9.17, 15) is 9.59 Å². The number of piperazine rings is 1. The zero-order valence-corrected chi connectivity index (χ0v) is 10.8. The normalized spacial score (nSPS) is 15.8. The molecule has 1 saturated heterocycles. The van der Waals surface area contributed by atoms with E-state index in [2.05, 4.69) is 5.32 Å². The highest BCUT2D eigenvalue weighted by atomic mass is 35.5. The van der Waals surface area contributed by atoms with Gasteiger partial charge in [0, 0.05) is 30.8 Å². The number of carbonyl (C=O) groups excluding carboxylic acids is 2. The molecule has 0 aliphatic carbocycles. The summed E-state index contributed by atoms with van der Waals surface area (Å²) in [5, 5.41) is 3.35. The standard InChI is InChI=1S/C12H14ClN3O2/c1-15-6-7-16(8-11(15)17)12(18)14-10-4-2-9(13)3-5-10/h2-5H,6-8H2,1H3,(H,14,18). The lowest BCUT2D eigenvalue weighted by Crippen LogP contribution is -2.51. The minimum absolute atomic E-state index is 0.0486. The first-order valence-electron chi connectivity index (χ1n) is 5.62. The number of urea groups is 1. The van der Waals surface area contributed by atoms with Crippen molar-refractivity contribution >= 4 is 29.2 Å². The second-order valence-corrected chi connectivity index (χ2v) is 4.61. The van der Waals surface area contributed by atoms with Crippen LogP contribution in [0.5, 0.6) is 0 Å². The Hall–Kier alpha value is -1.75. The summed E-state index contributed by atoms with van der Waals surface area (Å²) in [4.78, 5) is 26.5. The fourth-order valence-electron chi connectivity index (χ4n) is 1.67. The summed E-state index contributed by atoms with van der Waals surface area (Å²) in [5.74, 6) is -0.0486. The van der Waals surface area contributed by atoms with E-state index >= 15 is 0 Å². The number of hydrogen-bond donors (Lipinski definition) is 1. The van der Waals surface area contributed by atoms with E-state index < -0.39 is 0 Å². The average molecular weight is 268 g/mol. The molecular weight excluding hydrogens is 254 g/mol. The zero-order valence-electron chi connectivity index (χ0n) is 10.0. The molecule has 1 heterocycles. The predicted octanol–water partition coefficient (Wildman–Crippen LogP) is 1.65. The number of amides is 3. The molecule has 0 aromatic heterocycles. The zero-order chi connectivity index (χ0) is 13.1. The molecule has 0 spiro atoms. The fraction of sp³-hybridized carbons (Fsp3) is 0.333. The monoisotopic (exact) mass is 267 g/mol. The maximum absolute atomic E-state index is 11.9. The molecule has 1 aliphatic heterocycles. The molecule has 1 aromatic rings. The van der Waals surface area contributed by atoms with Crippen LogP contribution in [0.3, 0.4) is 0 Å². The molecule has 0 unspecified atom stereocenters. The summed E-state index contributed by atoms with van der Waals surface area (Å²) in [6.45, 7) is 1.23. The molecule has 5 nitrogen and oxygen atoms in total. The number of nitrogens with one attached hydrogen (secondary N) is 1. The van der Waals surface area contributed by atoms with Crippen LogP contribution in [-0.4, -0.2) is 48.4 Å². The van der Waals surface area contributed by atoms with E-state index in [0.717, 1.165) is 0 Å². The summed E-state index contributed by atoms with van der Waals surface area (Å²) in [5.41, 5.74) is 0.663. The number of likely N-dealkylation sites (N-methyl/N-ethyl adjacent to an activating group) is 1. The van der Waals surface area contributed by atoms with Crippen LogP contribution in [0.25, 0.3) is 0 Å². The van der Waals surface area contributed by atoms with Crippen LogP contribution in [0.15, 0.2) is 24.3 Å². The Bertz CT molecular complexity index is 461. The van der Waals surface area contributed by atoms with Crippen molar-refractivity contribution < 1.29 is 9.59 Å². The summed E-state index contributed by atoms with van der Waals surface area (Å²) in [6, 6.07) is 6.58. The van der Waals surface area contributed by atoms with Gasteiger partial charge >= 0.3 is 6.03 Å². The van der Waals surface area contributed by atoms with Gasteiger partial charge in [0.2, 0.25) is 5.91 Å². The summed E-state index contributed by atoms with van der Waals surface area (Å²) in [7, 11) is 1.73. The van der Waals surface area contributed by atoms with E-state index in [4.69, 9.17) is 11.6 Å². The number of nitrogens with zero attached hydrogens (tertiary/aromatic N) is 2. The second kappa shape index (κ2) is 5.27. The molecule has 18 heavy (non-hydrogen) atoms. The third kappa shape index (κ3) is 2.92. The highest BCUT2D eigenvalue weighted by Crippen LogP contribution is 2.14. The van der Waals surface area contributed by atoms with Crippen molar-refractivity contribution in [3.05, 3.63) is 29.3 Å². The van der Waals surface area contributed by atoms with Gasteiger partial charge in [0.05, 0.1) is 0 Å². The largest absolute Gasteiger partial charge is 0.342 e. The summed E-state index contributed by atoms with van der Waals surface area (Å²) >= 11 is 5.76. The van der Waals surface area contributed by atoms with Gasteiger partial charge in [-0.25, -0.2) is 4.79 Å². The molecule has 6 heteroatoms. The molecule has 1 aliphatic rings. The van der Waals surface area contributed by atoms with Crippen LogP contribution in [0.1, 0.15) is 0 Å². The van der Waals surface area contributed by atoms with Gasteiger partial charge in [0.1, 0.15) is 6.54 Å². The highest BCUT2D eigenvalue weighted by Gasteiger charge is 2.24. The van der Waals surface area contributed by atoms with Gasteiger partial charge in [0.15, 0.2) is 0 Å². The molecule has 0 bridgehead atoms. The first-order chi connectivity index (χ1) is 8.56. The van der Waals surface area contributed by atoms with Gasteiger partial charge in [-0.15, -0.1) is 0 Å². The lowest BCUT2D eigenvalue weighted by molar-refractivity contribution is -0.133. The van der Waals surface area contributed by atoms with E-state index in [-0.39, 0.29) is 18.5 Å². The van der Waals surface area contributed by atoms with Crippen molar-refractivity contribution in [3.63, 3.8) is 0 Å². The minimum atomic E-state index is -0.265. The van der Waals surface area contributed by atoms with Gasteiger partial charge < -0.3 is 15.1 Å². The Morgan fingerprint density at radius 2 is 1.94 bits per heavy atom. The molecule has 0 radical (unpaired) electrons. The van der Waals surface area contributed by atoms with E-state index in [1.54, 1.807) is 36.2 Å². The van der Waals surface area contributed by atoms with E-state index in [1.807, 2.05) is 0 Å². The fourth-order valence-corrected chi connectivity index (χ4v) is 1.79. The van der Waals surface area contributed by atoms with Crippen LogP contribution < -0.4 is 5.32 Å². The minimum Gasteiger partial charge on any atom is -0.342 e.